The molecule has 4 aliphatic rings. The minimum Gasteiger partial charge on any atom is -0.462 e. The van der Waals surface area contributed by atoms with Gasteiger partial charge in [0.2, 0.25) is 0 Å². The highest BCUT2D eigenvalue weighted by Crippen LogP contribution is 2.37. The van der Waals surface area contributed by atoms with Gasteiger partial charge in [0.15, 0.2) is 11.5 Å². The maximum absolute atomic E-state index is 13.9. The number of aryl methyl sites for hydroxylation is 1. The van der Waals surface area contributed by atoms with Gasteiger partial charge >= 0.3 is 17.9 Å². The number of aromatic nitrogens is 4. The highest BCUT2D eigenvalue weighted by molar-refractivity contribution is 7.12. The third-order valence-corrected chi connectivity index (χ3v) is 19.4. The van der Waals surface area contributed by atoms with E-state index in [-0.39, 0.29) is 106 Å². The van der Waals surface area contributed by atoms with Gasteiger partial charge in [-0.25, -0.2) is 14.4 Å². The first-order valence-electron chi connectivity index (χ1n) is 34.2. The fourth-order valence-electron chi connectivity index (χ4n) is 13.3. The summed E-state index contributed by atoms with van der Waals surface area (Å²) in [7, 11) is 1.65. The van der Waals surface area contributed by atoms with Crippen LogP contribution >= 0.6 is 11.3 Å². The first-order chi connectivity index (χ1) is 49.6. The molecule has 1 aliphatic carbocycles. The summed E-state index contributed by atoms with van der Waals surface area (Å²) < 4.78 is 25.7. The van der Waals surface area contributed by atoms with Gasteiger partial charge < -0.3 is 57.2 Å². The van der Waals surface area contributed by atoms with Gasteiger partial charge in [0.05, 0.1) is 71.1 Å². The number of benzene rings is 4. The highest BCUT2D eigenvalue weighted by Gasteiger charge is 2.36. The van der Waals surface area contributed by atoms with Gasteiger partial charge in [-0.05, 0) is 93.4 Å². The molecule has 4 aromatic carbocycles. The number of rotatable bonds is 17. The summed E-state index contributed by atoms with van der Waals surface area (Å²) in [6.45, 7) is 11.6. The van der Waals surface area contributed by atoms with E-state index in [0.29, 0.717) is 130 Å². The lowest BCUT2D eigenvalue weighted by atomic mass is 10.0. The number of anilines is 3. The molecular formula is C80H90N10O14S. The van der Waals surface area contributed by atoms with Crippen LogP contribution in [0.2, 0.25) is 0 Å². The number of hydrogen-bond acceptors (Lipinski definition) is 19. The number of ketones is 1. The van der Waals surface area contributed by atoms with Crippen molar-refractivity contribution in [1.82, 2.24) is 33.4 Å². The summed E-state index contributed by atoms with van der Waals surface area (Å²) in [4.78, 5) is 147. The molecule has 0 N–H and O–H groups in total. The number of pyridine rings is 4. The molecule has 25 heteroatoms. The van der Waals surface area contributed by atoms with Crippen molar-refractivity contribution in [1.29, 1.82) is 0 Å². The number of esters is 3. The van der Waals surface area contributed by atoms with E-state index in [4.69, 9.17) is 18.6 Å². The predicted molar refractivity (Wildman–Crippen MR) is 409 cm³/mol. The fraction of sp³-hybridized carbons (Fsp3) is 0.338. The van der Waals surface area contributed by atoms with Crippen LogP contribution in [0.3, 0.4) is 0 Å². The Hall–Kier alpha value is -11.5. The van der Waals surface area contributed by atoms with Gasteiger partial charge in [0.25, 0.3) is 34.4 Å². The first-order valence-corrected chi connectivity index (χ1v) is 35.1. The standard InChI is InChI=1S/C29H27N3O6.C25H27N3O4S.C23H24N4O4.3CH4/c1-2-37-29(36)25-26(30-14-16-31(17-15-30)27(34)24-13-8-18-38-24)21-11-6-7-12-22(21)32(28(25)35)19-23(33)20-9-4-3-5-10-20;1-2-32-25(31)21-22(26-11-13-27(14-12-26)23(29)20-8-5-15-33-20)18-6-3-4-7-19(18)28(24(21)30)16-17-9-10-17;1-3-31-23(30)19-20(16-8-4-5-10-18(16)25(2)22(19)29)26-12-14-27(15-13-26)21(28)17-9-6-7-11-24-17;;;/h3-13,18H,2,14-17,19H2,1H3;3-8,15,17H,2,9-14,16H2,1H3;4-11H,3,12-15H2,1-2H3;3*1H4. The van der Waals surface area contributed by atoms with E-state index in [1.54, 1.807) is 115 Å². The van der Waals surface area contributed by atoms with E-state index >= 15 is 0 Å². The summed E-state index contributed by atoms with van der Waals surface area (Å²) >= 11 is 1.44. The monoisotopic (exact) mass is 1450 g/mol. The quantitative estimate of drug-likeness (QED) is 0.0466. The van der Waals surface area contributed by atoms with Gasteiger partial charge in [-0.1, -0.05) is 119 Å². The Labute approximate surface area is 613 Å². The second-order valence-electron chi connectivity index (χ2n) is 24.8. The van der Waals surface area contributed by atoms with Gasteiger partial charge in [0.1, 0.15) is 22.4 Å². The van der Waals surface area contributed by atoms with Crippen LogP contribution < -0.4 is 31.4 Å². The van der Waals surface area contributed by atoms with E-state index in [1.165, 1.54) is 26.7 Å². The summed E-state index contributed by atoms with van der Waals surface area (Å²) in [5.74, 6) is -1.75. The van der Waals surface area contributed by atoms with Gasteiger partial charge in [0, 0.05) is 120 Å². The molecule has 105 heavy (non-hydrogen) atoms. The Balaban J connectivity index is 0.000000181. The van der Waals surface area contributed by atoms with E-state index in [1.807, 2.05) is 98.9 Å². The molecule has 4 fully saturated rings. The number of ether oxygens (including phenoxy) is 3. The maximum atomic E-state index is 13.9. The Kier molecular flexibility index (Phi) is 26.0. The number of fused-ring (bicyclic) bond motifs is 3. The lowest BCUT2D eigenvalue weighted by Gasteiger charge is -2.37. The third-order valence-electron chi connectivity index (χ3n) is 18.5. The molecule has 3 aliphatic heterocycles. The summed E-state index contributed by atoms with van der Waals surface area (Å²) in [6.07, 6.45) is 5.27. The largest absolute Gasteiger partial charge is 0.462 e. The second-order valence-corrected chi connectivity index (χ2v) is 25.7. The fourth-order valence-corrected chi connectivity index (χ4v) is 14.0. The zero-order chi connectivity index (χ0) is 71.6. The zero-order valence-corrected chi connectivity index (χ0v) is 58.0. The Morgan fingerprint density at radius 2 is 0.905 bits per heavy atom. The molecule has 10 aromatic rings. The smallest absolute Gasteiger partial charge is 0.345 e. The number of piperazine rings is 3. The molecule has 14 rings (SSSR count). The van der Waals surface area contributed by atoms with Crippen LogP contribution in [0.25, 0.3) is 32.7 Å². The van der Waals surface area contributed by atoms with Crippen LogP contribution in [0.4, 0.5) is 17.1 Å². The first kappa shape index (κ1) is 77.7. The lowest BCUT2D eigenvalue weighted by Crippen LogP contribution is -2.50. The molecule has 0 radical (unpaired) electrons. The van der Waals surface area contributed by atoms with Gasteiger partial charge in [-0.3, -0.25) is 43.1 Å². The average molecular weight is 1450 g/mol. The summed E-state index contributed by atoms with van der Waals surface area (Å²) in [5.41, 5.74) is 3.42. The molecule has 3 amide bonds. The molecule has 0 atom stereocenters. The van der Waals surface area contributed by atoms with E-state index < -0.39 is 23.5 Å². The number of thiophene rings is 1. The minimum absolute atomic E-state index is 0. The van der Waals surface area contributed by atoms with Crippen LogP contribution in [0.15, 0.2) is 182 Å². The van der Waals surface area contributed by atoms with Crippen molar-refractivity contribution < 1.29 is 52.2 Å². The van der Waals surface area contributed by atoms with Crippen molar-refractivity contribution >= 4 is 103 Å². The van der Waals surface area contributed by atoms with Crippen molar-refractivity contribution in [3.05, 3.63) is 233 Å². The molecule has 1 saturated carbocycles. The van der Waals surface area contributed by atoms with Crippen molar-refractivity contribution in [2.75, 3.05) is 113 Å². The number of amides is 3. The number of Topliss-reactive ketones (excluding diaryl/α,β-unsaturated/α-hetero) is 1. The van der Waals surface area contributed by atoms with Crippen molar-refractivity contribution in [3.63, 3.8) is 0 Å². The molecule has 0 bridgehead atoms. The molecule has 550 valence electrons. The number of carbonyl (C=O) groups is 7. The Bertz CT molecular complexity index is 4930. The predicted octanol–water partition coefficient (Wildman–Crippen LogP) is 11.2. The number of nitrogens with zero attached hydrogens (tertiary/aromatic N) is 10. The molecule has 0 unspecified atom stereocenters. The van der Waals surface area contributed by atoms with Crippen LogP contribution in [-0.2, 0) is 34.3 Å². The number of hydrogen-bond donors (Lipinski definition) is 0. The normalized spacial score (nSPS) is 14.1. The highest BCUT2D eigenvalue weighted by atomic mass is 32.1. The van der Waals surface area contributed by atoms with Gasteiger partial charge in [-0.2, -0.15) is 0 Å². The summed E-state index contributed by atoms with van der Waals surface area (Å²) in [6, 6.07) is 43.5. The number of carbonyl (C=O) groups excluding carboxylic acids is 7. The lowest BCUT2D eigenvalue weighted by molar-refractivity contribution is 0.0514. The van der Waals surface area contributed by atoms with E-state index in [9.17, 15) is 47.9 Å². The minimum atomic E-state index is -0.742. The molecule has 0 spiro atoms. The van der Waals surface area contributed by atoms with Gasteiger partial charge in [-0.15, -0.1) is 11.3 Å². The molecule has 24 nitrogen and oxygen atoms in total. The average Bonchev–Trinajstić information content (AvgIpc) is 1.12. The SMILES string of the molecule is C.C.C.CCOC(=O)c1c(N2CCN(C(=O)c3ccccn3)CC2)c2ccccc2n(C)c1=O.CCOC(=O)c1c(N2CCN(C(=O)c3ccco3)CC2)c2ccccc2n(CC(=O)c2ccccc2)c1=O.CCOC(=O)c1c(N2CCN(C(=O)c3cccs3)CC2)c2ccccc2n(CC2CC2)c1=O. The zero-order valence-electron chi connectivity index (χ0n) is 57.2. The molecule has 3 saturated heterocycles. The van der Waals surface area contributed by atoms with Crippen LogP contribution in [-0.4, -0.2) is 173 Å². The van der Waals surface area contributed by atoms with E-state index in [0.717, 1.165) is 39.5 Å². The third kappa shape index (κ3) is 16.6. The maximum Gasteiger partial charge on any atom is 0.345 e. The molecular weight excluding hydrogens is 1360 g/mol. The van der Waals surface area contributed by atoms with Crippen molar-refractivity contribution in [2.24, 2.45) is 13.0 Å². The number of para-hydroxylation sites is 3. The number of furan rings is 1. The molecule has 6 aromatic heterocycles. The Morgan fingerprint density at radius 1 is 0.467 bits per heavy atom. The van der Waals surface area contributed by atoms with Crippen LogP contribution in [0.1, 0.15) is 128 Å². The van der Waals surface area contributed by atoms with Crippen molar-refractivity contribution in [3.8, 4) is 0 Å². The molecule has 9 heterocycles. The van der Waals surface area contributed by atoms with Crippen molar-refractivity contribution in [2.45, 2.75) is 69.0 Å². The Morgan fingerprint density at radius 3 is 1.36 bits per heavy atom. The van der Waals surface area contributed by atoms with Crippen LogP contribution in [0.5, 0.6) is 0 Å². The van der Waals surface area contributed by atoms with E-state index in [2.05, 4.69) is 9.88 Å². The van der Waals surface area contributed by atoms with Crippen LogP contribution in [0, 0.1) is 5.92 Å². The topological polar surface area (TPSA) is 259 Å². The second kappa shape index (κ2) is 35.1. The summed E-state index contributed by atoms with van der Waals surface area (Å²) in [5, 5.41) is 4.23.